The molecule has 1 aliphatic rings. The number of rotatable bonds is 5. The molecular formula is C17H22N4O2. The summed E-state index contributed by atoms with van der Waals surface area (Å²) in [6.45, 7) is 4.29. The number of amides is 1. The van der Waals surface area contributed by atoms with Gasteiger partial charge in [-0.05, 0) is 7.05 Å². The molecule has 0 saturated carbocycles. The van der Waals surface area contributed by atoms with Crippen LogP contribution in [-0.4, -0.2) is 60.5 Å². The van der Waals surface area contributed by atoms with E-state index < -0.39 is 0 Å². The van der Waals surface area contributed by atoms with Crippen LogP contribution in [-0.2, 0) is 11.3 Å². The molecule has 6 nitrogen and oxygen atoms in total. The summed E-state index contributed by atoms with van der Waals surface area (Å²) in [4.78, 5) is 20.4. The molecule has 2 aromatic rings. The van der Waals surface area contributed by atoms with Crippen LogP contribution in [0.3, 0.4) is 0 Å². The minimum absolute atomic E-state index is 0.162. The van der Waals surface area contributed by atoms with Crippen molar-refractivity contribution in [3.8, 4) is 11.3 Å². The van der Waals surface area contributed by atoms with Gasteiger partial charge in [0.05, 0.1) is 19.3 Å². The molecule has 2 heterocycles. The van der Waals surface area contributed by atoms with Gasteiger partial charge in [-0.25, -0.2) is 4.98 Å². The van der Waals surface area contributed by atoms with Gasteiger partial charge in [-0.2, -0.15) is 0 Å². The molecule has 1 aliphatic heterocycles. The van der Waals surface area contributed by atoms with Crippen molar-refractivity contribution in [2.45, 2.75) is 6.54 Å². The highest BCUT2D eigenvalue weighted by molar-refractivity contribution is 5.78. The first-order valence-electron chi connectivity index (χ1n) is 7.91. The molecule has 0 radical (unpaired) electrons. The molecule has 0 bridgehead atoms. The minimum atomic E-state index is 0.162. The van der Waals surface area contributed by atoms with Crippen LogP contribution in [0.15, 0.2) is 40.9 Å². The first kappa shape index (κ1) is 15.7. The Hall–Kier alpha value is -2.18. The maximum absolute atomic E-state index is 11.8. The minimum Gasteiger partial charge on any atom is -0.439 e. The molecule has 3 rings (SSSR count). The van der Waals surface area contributed by atoms with Gasteiger partial charge in [0.15, 0.2) is 5.76 Å². The van der Waals surface area contributed by atoms with Crippen molar-refractivity contribution in [2.24, 2.45) is 0 Å². The van der Waals surface area contributed by atoms with Crippen molar-refractivity contribution in [2.75, 3.05) is 39.8 Å². The molecule has 0 aliphatic carbocycles. The summed E-state index contributed by atoms with van der Waals surface area (Å²) >= 11 is 0. The number of carbonyl (C=O) groups is 1. The Kier molecular flexibility index (Phi) is 5.05. The van der Waals surface area contributed by atoms with Crippen molar-refractivity contribution >= 4 is 5.91 Å². The highest BCUT2D eigenvalue weighted by Crippen LogP contribution is 2.20. The molecular weight excluding hydrogens is 292 g/mol. The fourth-order valence-corrected chi connectivity index (χ4v) is 2.73. The van der Waals surface area contributed by atoms with Crippen LogP contribution < -0.4 is 5.32 Å². The third-order valence-corrected chi connectivity index (χ3v) is 4.02. The highest BCUT2D eigenvalue weighted by atomic mass is 16.4. The van der Waals surface area contributed by atoms with Gasteiger partial charge in [0, 0.05) is 31.7 Å². The molecule has 0 spiro atoms. The van der Waals surface area contributed by atoms with Gasteiger partial charge < -0.3 is 14.6 Å². The maximum atomic E-state index is 11.8. The van der Waals surface area contributed by atoms with Crippen molar-refractivity contribution in [1.29, 1.82) is 0 Å². The van der Waals surface area contributed by atoms with E-state index in [0.29, 0.717) is 13.1 Å². The molecule has 122 valence electrons. The van der Waals surface area contributed by atoms with Crippen LogP contribution in [0.5, 0.6) is 0 Å². The fraction of sp³-hybridized carbons (Fsp3) is 0.412. The van der Waals surface area contributed by atoms with Crippen molar-refractivity contribution in [3.05, 3.63) is 42.4 Å². The smallest absolute Gasteiger partial charge is 0.236 e. The number of carbonyl (C=O) groups excluding carboxylic acids is 1. The summed E-state index contributed by atoms with van der Waals surface area (Å²) in [7, 11) is 1.79. The quantitative estimate of drug-likeness (QED) is 0.899. The van der Waals surface area contributed by atoms with Gasteiger partial charge >= 0.3 is 0 Å². The number of piperazine rings is 1. The zero-order valence-corrected chi connectivity index (χ0v) is 13.4. The Labute approximate surface area is 136 Å². The summed E-state index contributed by atoms with van der Waals surface area (Å²) in [6.07, 6.45) is 1.78. The lowest BCUT2D eigenvalue weighted by atomic mass is 10.2. The fourth-order valence-electron chi connectivity index (χ4n) is 2.73. The summed E-state index contributed by atoms with van der Waals surface area (Å²) in [5.74, 6) is 1.68. The zero-order chi connectivity index (χ0) is 16.1. The number of hydrogen-bond acceptors (Lipinski definition) is 5. The van der Waals surface area contributed by atoms with Crippen LogP contribution in [0.2, 0.25) is 0 Å². The molecule has 1 saturated heterocycles. The highest BCUT2D eigenvalue weighted by Gasteiger charge is 2.21. The van der Waals surface area contributed by atoms with Crippen LogP contribution in [0.25, 0.3) is 11.3 Å². The molecule has 6 heteroatoms. The van der Waals surface area contributed by atoms with E-state index in [1.165, 1.54) is 0 Å². The topological polar surface area (TPSA) is 61.6 Å². The summed E-state index contributed by atoms with van der Waals surface area (Å²) in [6, 6.07) is 9.97. The molecule has 1 aromatic carbocycles. The van der Waals surface area contributed by atoms with Crippen molar-refractivity contribution < 1.29 is 9.21 Å². The van der Waals surface area contributed by atoms with E-state index in [4.69, 9.17) is 4.42 Å². The van der Waals surface area contributed by atoms with Crippen LogP contribution in [0.1, 0.15) is 5.89 Å². The predicted molar refractivity (Wildman–Crippen MR) is 87.7 cm³/mol. The van der Waals surface area contributed by atoms with Gasteiger partial charge in [0.1, 0.15) is 0 Å². The Balaban J connectivity index is 1.53. The van der Waals surface area contributed by atoms with Crippen molar-refractivity contribution in [3.63, 3.8) is 0 Å². The van der Waals surface area contributed by atoms with Gasteiger partial charge in [-0.3, -0.25) is 9.69 Å². The Morgan fingerprint density at radius 2 is 1.96 bits per heavy atom. The van der Waals surface area contributed by atoms with Gasteiger partial charge in [0.25, 0.3) is 0 Å². The number of benzene rings is 1. The number of nitrogens with zero attached hydrogens (tertiary/aromatic N) is 3. The number of hydrogen-bond donors (Lipinski definition) is 1. The van der Waals surface area contributed by atoms with Gasteiger partial charge in [-0.15, -0.1) is 0 Å². The number of aromatic nitrogens is 1. The lowest BCUT2D eigenvalue weighted by molar-refractivity contribution is -0.131. The Bertz CT molecular complexity index is 633. The number of nitrogens with one attached hydrogen (secondary N) is 1. The molecule has 1 amide bonds. The molecule has 0 unspecified atom stereocenters. The van der Waals surface area contributed by atoms with E-state index in [9.17, 15) is 4.79 Å². The molecule has 23 heavy (non-hydrogen) atoms. The van der Waals surface area contributed by atoms with E-state index in [1.54, 1.807) is 13.2 Å². The standard InChI is InChI=1S/C17H22N4O2/c1-18-12-17(22)21-9-7-20(8-10-21)13-16-19-11-15(23-16)14-5-3-2-4-6-14/h2-6,11,18H,7-10,12-13H2,1H3. The SMILES string of the molecule is CNCC(=O)N1CCN(Cc2ncc(-c3ccccc3)o2)CC1. The van der Waals surface area contributed by atoms with Gasteiger partial charge in [0.2, 0.25) is 11.8 Å². The lowest BCUT2D eigenvalue weighted by Gasteiger charge is -2.34. The first-order chi connectivity index (χ1) is 11.3. The summed E-state index contributed by atoms with van der Waals surface area (Å²) in [5.41, 5.74) is 1.04. The third-order valence-electron chi connectivity index (χ3n) is 4.02. The van der Waals surface area contributed by atoms with E-state index in [-0.39, 0.29) is 5.91 Å². The Morgan fingerprint density at radius 3 is 2.65 bits per heavy atom. The van der Waals surface area contributed by atoms with E-state index in [0.717, 1.165) is 43.4 Å². The average molecular weight is 314 g/mol. The average Bonchev–Trinajstić information content (AvgIpc) is 3.05. The second-order valence-electron chi connectivity index (χ2n) is 5.67. The second-order valence-corrected chi connectivity index (χ2v) is 5.67. The lowest BCUT2D eigenvalue weighted by Crippen LogP contribution is -2.50. The van der Waals surface area contributed by atoms with Crippen molar-refractivity contribution in [1.82, 2.24) is 20.1 Å². The molecule has 1 N–H and O–H groups in total. The molecule has 0 atom stereocenters. The third kappa shape index (κ3) is 3.97. The van der Waals surface area contributed by atoms with Gasteiger partial charge in [-0.1, -0.05) is 30.3 Å². The number of likely N-dealkylation sites (N-methyl/N-ethyl adjacent to an activating group) is 1. The van der Waals surface area contributed by atoms with Crippen LogP contribution >= 0.6 is 0 Å². The van der Waals surface area contributed by atoms with E-state index in [2.05, 4.69) is 15.2 Å². The maximum Gasteiger partial charge on any atom is 0.236 e. The normalized spacial score (nSPS) is 15.8. The van der Waals surface area contributed by atoms with E-state index >= 15 is 0 Å². The second kappa shape index (κ2) is 7.39. The predicted octanol–water partition coefficient (Wildman–Crippen LogP) is 1.21. The Morgan fingerprint density at radius 1 is 1.22 bits per heavy atom. The molecule has 1 fully saturated rings. The van der Waals surface area contributed by atoms with Crippen LogP contribution in [0, 0.1) is 0 Å². The summed E-state index contributed by atoms with van der Waals surface area (Å²) < 4.78 is 5.84. The summed E-state index contributed by atoms with van der Waals surface area (Å²) in [5, 5.41) is 2.90. The largest absolute Gasteiger partial charge is 0.439 e. The number of oxazole rings is 1. The monoisotopic (exact) mass is 314 g/mol. The molecule has 1 aromatic heterocycles. The van der Waals surface area contributed by atoms with E-state index in [1.807, 2.05) is 35.2 Å². The van der Waals surface area contributed by atoms with Crippen LogP contribution in [0.4, 0.5) is 0 Å². The zero-order valence-electron chi connectivity index (χ0n) is 13.4. The first-order valence-corrected chi connectivity index (χ1v) is 7.91.